The molecule has 2 heterocycles. The van der Waals surface area contributed by atoms with Gasteiger partial charge >= 0.3 is 5.97 Å². The van der Waals surface area contributed by atoms with Gasteiger partial charge in [-0.15, -0.1) is 0 Å². The van der Waals surface area contributed by atoms with E-state index in [0.717, 1.165) is 43.5 Å². The van der Waals surface area contributed by atoms with Crippen LogP contribution in [0.25, 0.3) is 5.57 Å². The van der Waals surface area contributed by atoms with Gasteiger partial charge in [-0.25, -0.2) is 4.39 Å². The van der Waals surface area contributed by atoms with E-state index in [1.807, 2.05) is 32.1 Å². The second kappa shape index (κ2) is 19.9. The van der Waals surface area contributed by atoms with E-state index < -0.39 is 5.91 Å². The quantitative estimate of drug-likeness (QED) is 0.129. The van der Waals surface area contributed by atoms with Crippen LogP contribution in [0.5, 0.6) is 0 Å². The van der Waals surface area contributed by atoms with Gasteiger partial charge in [0.1, 0.15) is 12.4 Å². The second-order valence-corrected chi connectivity index (χ2v) is 10.3. The lowest BCUT2D eigenvalue weighted by molar-refractivity contribution is -0.142. The average molecular weight is 608 g/mol. The number of nitrogens with zero attached hydrogens (tertiary/aromatic N) is 2. The Morgan fingerprint density at radius 1 is 1.09 bits per heavy atom. The molecule has 9 heteroatoms. The minimum absolute atomic E-state index is 0.167. The molecule has 4 rings (SSSR count). The number of carbonyl (C=O) groups excluding carboxylic acids is 2. The predicted molar refractivity (Wildman–Crippen MR) is 172 cm³/mol. The van der Waals surface area contributed by atoms with Crippen molar-refractivity contribution in [3.8, 4) is 0 Å². The summed E-state index contributed by atoms with van der Waals surface area (Å²) < 4.78 is 27.6. The highest BCUT2D eigenvalue weighted by Crippen LogP contribution is 2.39. The van der Waals surface area contributed by atoms with Gasteiger partial charge in [-0.2, -0.15) is 0 Å². The van der Waals surface area contributed by atoms with Crippen molar-refractivity contribution in [2.45, 2.75) is 71.9 Å². The van der Waals surface area contributed by atoms with E-state index in [2.05, 4.69) is 52.6 Å². The van der Waals surface area contributed by atoms with Crippen LogP contribution in [-0.4, -0.2) is 43.3 Å². The van der Waals surface area contributed by atoms with Crippen molar-refractivity contribution in [1.82, 2.24) is 5.16 Å². The number of carbonyl (C=O) groups is 2. The fraction of sp³-hybridized carbons (Fsp3) is 0.400. The molecule has 0 fully saturated rings. The number of hydrogen-bond donors (Lipinski definition) is 1. The molecule has 0 saturated carbocycles. The number of aryl methyl sites for hydroxylation is 1. The number of ether oxygens (including phenoxy) is 2. The summed E-state index contributed by atoms with van der Waals surface area (Å²) in [6, 6.07) is 16.5. The summed E-state index contributed by atoms with van der Waals surface area (Å²) in [7, 11) is 1.37. The maximum atomic E-state index is 12.3. The fourth-order valence-electron chi connectivity index (χ4n) is 4.47. The highest BCUT2D eigenvalue weighted by Gasteiger charge is 2.28. The molecular formula is C35H46FN3O5. The molecule has 0 aliphatic carbocycles. The lowest BCUT2D eigenvalue weighted by Crippen LogP contribution is -2.29. The summed E-state index contributed by atoms with van der Waals surface area (Å²) in [5.74, 6) is -0.305. The molecule has 1 atom stereocenters. The minimum atomic E-state index is -0.406. The normalized spacial score (nSPS) is 13.5. The van der Waals surface area contributed by atoms with E-state index in [4.69, 9.17) is 15.0 Å². The smallest absolute Gasteiger partial charge is 0.307 e. The molecule has 1 unspecified atom stereocenters. The zero-order valence-corrected chi connectivity index (χ0v) is 26.4. The molecule has 1 amide bonds. The predicted octanol–water partition coefficient (Wildman–Crippen LogP) is 6.82. The topological polar surface area (TPSA) is 108 Å². The number of rotatable bonds is 13. The number of esters is 1. The Labute approximate surface area is 260 Å². The molecule has 0 bridgehead atoms. The molecule has 0 saturated heterocycles. The standard InChI is InChI=1S/C23H30N2O4.C8H8FNO.C4H8/c1-17-18(2)25(22-11-7-6-10-21(17)22)13-8-4-5-9-19-15-20(29-24-19)16-28-14-12-23(26)27-3;9-7-3-1-6(2-4-7)5-8(10)11;1-3-4-2/h6-7,10-11,15,18H,1,4-5,8-9,12-14,16H2,2-3H3;1-4H,5H2,(H2,10,11);3-4H,1-2H3/b;;4-3-. The van der Waals surface area contributed by atoms with Crippen molar-refractivity contribution < 1.29 is 28.0 Å². The number of anilines is 1. The van der Waals surface area contributed by atoms with E-state index in [1.165, 1.54) is 36.1 Å². The van der Waals surface area contributed by atoms with Crippen molar-refractivity contribution in [2.75, 3.05) is 25.2 Å². The molecule has 1 aromatic heterocycles. The molecule has 0 spiro atoms. The Morgan fingerprint density at radius 3 is 2.45 bits per heavy atom. The summed E-state index contributed by atoms with van der Waals surface area (Å²) in [6.07, 6.45) is 8.64. The number of unbranched alkanes of at least 4 members (excludes halogenated alkanes) is 2. The lowest BCUT2D eigenvalue weighted by atomic mass is 10.1. The van der Waals surface area contributed by atoms with Gasteiger partial charge in [0.2, 0.25) is 5.91 Å². The highest BCUT2D eigenvalue weighted by molar-refractivity contribution is 5.86. The first kappa shape index (κ1) is 36.0. The van der Waals surface area contributed by atoms with Gasteiger partial charge in [0.05, 0.1) is 38.3 Å². The molecule has 3 aromatic rings. The number of methoxy groups -OCH3 is 1. The monoisotopic (exact) mass is 607 g/mol. The number of fused-ring (bicyclic) bond motifs is 1. The third-order valence-corrected chi connectivity index (χ3v) is 7.02. The van der Waals surface area contributed by atoms with Crippen LogP contribution >= 0.6 is 0 Å². The van der Waals surface area contributed by atoms with Gasteiger partial charge in [-0.05, 0) is 69.4 Å². The molecule has 2 aromatic carbocycles. The maximum Gasteiger partial charge on any atom is 0.307 e. The van der Waals surface area contributed by atoms with Gasteiger partial charge in [-0.3, -0.25) is 9.59 Å². The van der Waals surface area contributed by atoms with Crippen LogP contribution in [0.15, 0.2) is 77.9 Å². The van der Waals surface area contributed by atoms with Crippen molar-refractivity contribution in [3.63, 3.8) is 0 Å². The number of amides is 1. The number of allylic oxidation sites excluding steroid dienone is 2. The first-order valence-electron chi connectivity index (χ1n) is 14.9. The Bertz CT molecular complexity index is 1330. The Kier molecular flexibility index (Phi) is 16.2. The Morgan fingerprint density at radius 2 is 1.80 bits per heavy atom. The number of aromatic nitrogens is 1. The van der Waals surface area contributed by atoms with Crippen molar-refractivity contribution in [2.24, 2.45) is 5.73 Å². The number of nitrogens with two attached hydrogens (primary N) is 1. The summed E-state index contributed by atoms with van der Waals surface area (Å²) in [6.45, 7) is 12.2. The van der Waals surface area contributed by atoms with Gasteiger partial charge in [0, 0.05) is 23.9 Å². The second-order valence-electron chi connectivity index (χ2n) is 10.3. The van der Waals surface area contributed by atoms with Gasteiger partial charge in [0.25, 0.3) is 0 Å². The highest BCUT2D eigenvalue weighted by atomic mass is 19.1. The van der Waals surface area contributed by atoms with Crippen LogP contribution in [0.1, 0.15) is 69.0 Å². The van der Waals surface area contributed by atoms with Crippen molar-refractivity contribution in [3.05, 3.63) is 102 Å². The van der Waals surface area contributed by atoms with Gasteiger partial charge < -0.3 is 24.6 Å². The largest absolute Gasteiger partial charge is 0.469 e. The summed E-state index contributed by atoms with van der Waals surface area (Å²) in [5.41, 5.74) is 10.4. The first-order chi connectivity index (χ1) is 21.2. The van der Waals surface area contributed by atoms with Crippen molar-refractivity contribution >= 4 is 23.1 Å². The summed E-state index contributed by atoms with van der Waals surface area (Å²) in [4.78, 5) is 23.9. The number of para-hydroxylation sites is 1. The molecule has 238 valence electrons. The lowest BCUT2D eigenvalue weighted by Gasteiger charge is -2.25. The Hall–Kier alpha value is -4.24. The third-order valence-electron chi connectivity index (χ3n) is 7.02. The van der Waals surface area contributed by atoms with E-state index in [0.29, 0.717) is 25.0 Å². The zero-order valence-electron chi connectivity index (χ0n) is 26.4. The van der Waals surface area contributed by atoms with Crippen LogP contribution in [0.3, 0.4) is 0 Å². The number of halogens is 1. The van der Waals surface area contributed by atoms with Crippen LogP contribution in [0.2, 0.25) is 0 Å². The van der Waals surface area contributed by atoms with E-state index >= 15 is 0 Å². The van der Waals surface area contributed by atoms with Crippen LogP contribution in [0, 0.1) is 5.82 Å². The third kappa shape index (κ3) is 12.6. The van der Waals surface area contributed by atoms with Crippen LogP contribution in [0.4, 0.5) is 10.1 Å². The Balaban J connectivity index is 0.000000371. The van der Waals surface area contributed by atoms with E-state index in [1.54, 1.807) is 12.1 Å². The maximum absolute atomic E-state index is 12.3. The zero-order chi connectivity index (χ0) is 32.3. The minimum Gasteiger partial charge on any atom is -0.469 e. The first-order valence-corrected chi connectivity index (χ1v) is 14.9. The van der Waals surface area contributed by atoms with Gasteiger partial charge in [-0.1, -0.05) is 60.6 Å². The van der Waals surface area contributed by atoms with E-state index in [-0.39, 0.29) is 24.6 Å². The molecular weight excluding hydrogens is 561 g/mol. The molecule has 2 N–H and O–H groups in total. The average Bonchev–Trinajstić information content (AvgIpc) is 3.58. The summed E-state index contributed by atoms with van der Waals surface area (Å²) >= 11 is 0. The fourth-order valence-corrected chi connectivity index (χ4v) is 4.47. The number of primary amides is 1. The van der Waals surface area contributed by atoms with Crippen LogP contribution < -0.4 is 10.6 Å². The SMILES string of the molecule is C/C=C\C.C=C1c2ccccc2N(CCCCCc2cc(COCCC(=O)OC)on2)C1C.NC(=O)Cc1ccc(F)cc1. The summed E-state index contributed by atoms with van der Waals surface area (Å²) in [5, 5.41) is 4.10. The molecule has 8 nitrogen and oxygen atoms in total. The van der Waals surface area contributed by atoms with Crippen molar-refractivity contribution in [1.29, 1.82) is 0 Å². The van der Waals surface area contributed by atoms with Gasteiger partial charge in [0.15, 0.2) is 5.76 Å². The molecule has 0 radical (unpaired) electrons. The number of benzene rings is 2. The molecule has 44 heavy (non-hydrogen) atoms. The molecule has 1 aliphatic rings. The van der Waals surface area contributed by atoms with Crippen LogP contribution in [-0.2, 0) is 38.5 Å². The molecule has 1 aliphatic heterocycles. The number of hydrogen-bond acceptors (Lipinski definition) is 7. The van der Waals surface area contributed by atoms with E-state index in [9.17, 15) is 14.0 Å².